The number of hydrogen-bond acceptors (Lipinski definition) is 6. The fraction of sp³-hybridized carbons (Fsp3) is 0.250. The molecule has 0 saturated heterocycles. The summed E-state index contributed by atoms with van der Waals surface area (Å²) in [6.07, 6.45) is -10.3. The molecule has 0 unspecified atom stereocenters. The Labute approximate surface area is 377 Å². The van der Waals surface area contributed by atoms with Gasteiger partial charge >= 0.3 is 41.9 Å². The molecule has 6 aromatic rings. The van der Waals surface area contributed by atoms with Crippen LogP contribution in [0.15, 0.2) is 72.8 Å². The van der Waals surface area contributed by atoms with Crippen LogP contribution in [0.3, 0.4) is 0 Å². The van der Waals surface area contributed by atoms with E-state index in [1.54, 1.807) is 0 Å². The van der Waals surface area contributed by atoms with Gasteiger partial charge in [-0.1, -0.05) is 52.3 Å². The molecule has 3 N–H and O–H groups in total. The van der Waals surface area contributed by atoms with Gasteiger partial charge in [0, 0.05) is 18.2 Å². The van der Waals surface area contributed by atoms with E-state index in [2.05, 4.69) is 40.9 Å². The summed E-state index contributed by atoms with van der Waals surface area (Å²) in [5, 5.41) is 29.6. The van der Waals surface area contributed by atoms with Crippen LogP contribution >= 0.6 is 15.9 Å². The number of H-pyrrole nitrogens is 1. The predicted octanol–water partition coefficient (Wildman–Crippen LogP) is 6.92. The van der Waals surface area contributed by atoms with Crippen LogP contribution in [0.5, 0.6) is 0 Å². The normalized spacial score (nSPS) is 13.2. The van der Waals surface area contributed by atoms with Gasteiger partial charge in [0.15, 0.2) is 22.9 Å². The van der Waals surface area contributed by atoms with Crippen molar-refractivity contribution in [1.29, 1.82) is 0 Å². The molecule has 0 amide bonds. The molecule has 0 aliphatic heterocycles. The monoisotopic (exact) mass is 950 g/mol. The van der Waals surface area contributed by atoms with Crippen molar-refractivity contribution < 1.29 is 94.7 Å². The zero-order valence-corrected chi connectivity index (χ0v) is 35.9. The number of halogens is 11. The molecule has 2 heterocycles. The molecule has 2 aromatic heterocycles. The molecular formula is C40H30BrF10N6NaO4. The Morgan fingerprint density at radius 3 is 1.68 bits per heavy atom. The first-order valence-corrected chi connectivity index (χ1v) is 18.3. The van der Waals surface area contributed by atoms with E-state index < -0.39 is 94.1 Å². The van der Waals surface area contributed by atoms with Gasteiger partial charge in [-0.2, -0.15) is 40.2 Å². The van der Waals surface area contributed by atoms with Gasteiger partial charge in [0.2, 0.25) is 11.9 Å². The number of hydrogen-bond donors (Lipinski definition) is 3. The molecule has 62 heavy (non-hydrogen) atoms. The number of aliphatic hydroxyl groups is 2. The molecule has 322 valence electrons. The molecule has 0 saturated carbocycles. The van der Waals surface area contributed by atoms with Gasteiger partial charge in [-0.25, -0.2) is 18.5 Å². The number of Topliss-reactive ketones (excluding diaryl/α,β-unsaturated/α-hetero) is 2. The maximum absolute atomic E-state index is 13.9. The third kappa shape index (κ3) is 12.7. The van der Waals surface area contributed by atoms with E-state index in [1.807, 2.05) is 0 Å². The Morgan fingerprint density at radius 1 is 0.742 bits per heavy atom. The summed E-state index contributed by atoms with van der Waals surface area (Å²) in [6.45, 7) is 15.5. The van der Waals surface area contributed by atoms with Crippen molar-refractivity contribution in [2.75, 3.05) is 5.33 Å². The van der Waals surface area contributed by atoms with E-state index >= 15 is 0 Å². The average molecular weight is 952 g/mol. The summed E-state index contributed by atoms with van der Waals surface area (Å²) in [5.74, 6) is -4.17. The van der Waals surface area contributed by atoms with Gasteiger partial charge in [-0.3, -0.25) is 19.4 Å². The minimum atomic E-state index is -4.78. The molecule has 0 fully saturated rings. The van der Waals surface area contributed by atoms with Crippen LogP contribution in [0.2, 0.25) is 0 Å². The van der Waals surface area contributed by atoms with Gasteiger partial charge in [0.05, 0.1) is 52.6 Å². The first-order chi connectivity index (χ1) is 28.3. The Hall–Kier alpha value is -5.16. The van der Waals surface area contributed by atoms with Gasteiger partial charge in [0.25, 0.3) is 0 Å². The zero-order chi connectivity index (χ0) is 45.7. The first kappa shape index (κ1) is 51.2. The molecule has 0 bridgehead atoms. The van der Waals surface area contributed by atoms with E-state index in [0.717, 1.165) is 48.0 Å². The van der Waals surface area contributed by atoms with E-state index in [0.29, 0.717) is 11.6 Å². The Balaban J connectivity index is 0.000000355. The van der Waals surface area contributed by atoms with Crippen LogP contribution in [0.25, 0.3) is 31.5 Å². The average Bonchev–Trinajstić information content (AvgIpc) is 3.70. The molecule has 0 aliphatic carbocycles. The number of carbonyl (C=O) groups is 2. The van der Waals surface area contributed by atoms with Gasteiger partial charge in [-0.05, 0) is 61.4 Å². The number of nitrogens with zero attached hydrogens (tertiary/aromatic N) is 5. The van der Waals surface area contributed by atoms with Gasteiger partial charge in [0.1, 0.15) is 22.8 Å². The van der Waals surface area contributed by atoms with Crippen LogP contribution in [-0.4, -0.2) is 58.3 Å². The first-order valence-electron chi connectivity index (χ1n) is 17.1. The molecule has 6 rings (SSSR count). The minimum absolute atomic E-state index is 0. The summed E-state index contributed by atoms with van der Waals surface area (Å²) < 4.78 is 131. The molecule has 0 aliphatic rings. The Morgan fingerprint density at radius 2 is 1.21 bits per heavy atom. The number of nitrogens with one attached hydrogen (secondary N) is 1. The number of alkyl halides is 7. The van der Waals surface area contributed by atoms with Crippen molar-refractivity contribution in [2.45, 2.75) is 56.8 Å². The molecule has 22 heteroatoms. The summed E-state index contributed by atoms with van der Waals surface area (Å²) >= 11 is 2.96. The van der Waals surface area contributed by atoms with E-state index in [9.17, 15) is 63.7 Å². The molecule has 4 aromatic carbocycles. The van der Waals surface area contributed by atoms with Crippen molar-refractivity contribution in [3.8, 4) is 0 Å². The number of benzene rings is 4. The summed E-state index contributed by atoms with van der Waals surface area (Å²) in [6, 6.07) is 12.9. The molecule has 2 atom stereocenters. The predicted molar refractivity (Wildman–Crippen MR) is 205 cm³/mol. The third-order valence-corrected chi connectivity index (χ3v) is 9.85. The zero-order valence-electron chi connectivity index (χ0n) is 33.4. The number of aromatic amines is 1. The second-order valence-electron chi connectivity index (χ2n) is 13.6. The molecular weight excluding hydrogens is 921 g/mol. The number of ketones is 2. The van der Waals surface area contributed by atoms with E-state index in [4.69, 9.17) is 13.1 Å². The maximum Gasteiger partial charge on any atom is 1.00 e. The second-order valence-corrected chi connectivity index (χ2v) is 14.2. The van der Waals surface area contributed by atoms with Crippen LogP contribution in [0, 0.1) is 36.7 Å². The topological polar surface area (TPSA) is 130 Å². The molecule has 10 nitrogen and oxygen atoms in total. The van der Waals surface area contributed by atoms with E-state index in [-0.39, 0.29) is 70.2 Å². The molecule has 0 spiro atoms. The SMILES string of the molecule is Fc1ccc2n[nH]c(F)c2c1.[C-]#[N+]c1ccc(CC(=O)[C@@](C)(O)CBr)cc1C(F)(F)F.[C-]#[N+]c1ccc(CC(=O)[C@@](C)(O)Cn2nc(F)c3cc(F)ccc32)cc1C(F)(F)F.[H-].[Na+]. The van der Waals surface area contributed by atoms with Crippen molar-refractivity contribution in [3.05, 3.63) is 141 Å². The van der Waals surface area contributed by atoms with Crippen LogP contribution in [-0.2, 0) is 41.3 Å². The van der Waals surface area contributed by atoms with Crippen LogP contribution in [0.4, 0.5) is 55.3 Å². The van der Waals surface area contributed by atoms with Crippen LogP contribution in [0.1, 0.15) is 37.5 Å². The summed E-state index contributed by atoms with van der Waals surface area (Å²) in [7, 11) is 0. The van der Waals surface area contributed by atoms with Crippen molar-refractivity contribution in [1.82, 2.24) is 20.0 Å². The maximum atomic E-state index is 13.9. The number of fused-ring (bicyclic) bond motifs is 2. The van der Waals surface area contributed by atoms with Gasteiger partial charge < -0.3 is 11.6 Å². The number of rotatable bonds is 9. The third-order valence-electron chi connectivity index (χ3n) is 8.76. The summed E-state index contributed by atoms with van der Waals surface area (Å²) in [4.78, 5) is 30.0. The minimum Gasteiger partial charge on any atom is -1.00 e. The number of carbonyl (C=O) groups excluding carboxylic acids is 2. The number of aromatic nitrogens is 4. The summed E-state index contributed by atoms with van der Waals surface area (Å²) in [5.41, 5.74) is -6.47. The standard InChI is InChI=1S/C20H14F5N3O2.C13H11BrF3NO2.C7H4F2N2.Na.H/c1-19(30,10-28-16-6-4-12(21)9-13(16)18(22)27-28)17(29)8-11-3-5-15(26-2)14(7-11)20(23,24)25;1-12(20,7-14)11(19)6-8-3-4-10(18-2)9(5-8)13(15,16)17;8-4-1-2-6-5(3-4)7(9)11-10-6;;/h3-7,9,30H,8,10H2,1H3;3-5,20H,6-7H2,1H3;1-3H,(H,10,11);;/q;;;+1;-1/t19-;12-;;;/m00.../s1. The Bertz CT molecular complexity index is 2690. The Kier molecular flexibility index (Phi) is 16.8. The van der Waals surface area contributed by atoms with Crippen molar-refractivity contribution >= 4 is 60.7 Å². The largest absolute Gasteiger partial charge is 1.00 e. The second kappa shape index (κ2) is 20.4. The van der Waals surface area contributed by atoms with Crippen LogP contribution < -0.4 is 29.6 Å². The van der Waals surface area contributed by atoms with Crippen molar-refractivity contribution in [3.63, 3.8) is 0 Å². The molecule has 0 radical (unpaired) electrons. The van der Waals surface area contributed by atoms with E-state index in [1.165, 1.54) is 37.3 Å². The smallest absolute Gasteiger partial charge is 1.00 e. The van der Waals surface area contributed by atoms with Crippen molar-refractivity contribution in [2.24, 2.45) is 0 Å². The fourth-order valence-electron chi connectivity index (χ4n) is 5.43. The fourth-order valence-corrected chi connectivity index (χ4v) is 5.74. The quantitative estimate of drug-likeness (QED) is 0.0626. The van der Waals surface area contributed by atoms with Gasteiger partial charge in [-0.15, -0.1) is 5.10 Å².